The normalized spacial score (nSPS) is 31.5. The molecule has 0 aromatic heterocycles. The van der Waals surface area contributed by atoms with Crippen LogP contribution in [0.25, 0.3) is 0 Å². The highest BCUT2D eigenvalue weighted by molar-refractivity contribution is 5.50. The Kier molecular flexibility index (Phi) is 3.13. The van der Waals surface area contributed by atoms with Crippen LogP contribution in [0.15, 0.2) is 12.1 Å². The molecular formula is C18H26O2. The molecule has 20 heavy (non-hydrogen) atoms. The first kappa shape index (κ1) is 13.9. The molecule has 1 saturated carbocycles. The molecule has 2 nitrogen and oxygen atoms in total. The Hall–Kier alpha value is -1.02. The summed E-state index contributed by atoms with van der Waals surface area (Å²) in [4.78, 5) is 0. The van der Waals surface area contributed by atoms with Crippen molar-refractivity contribution in [3.8, 4) is 5.75 Å². The number of phenols is 1. The zero-order valence-corrected chi connectivity index (χ0v) is 12.9. The predicted molar refractivity (Wildman–Crippen MR) is 80.8 cm³/mol. The van der Waals surface area contributed by atoms with Gasteiger partial charge in [0.15, 0.2) is 0 Å². The first-order valence-electron chi connectivity index (χ1n) is 7.85. The number of aliphatic hydroxyl groups excluding tert-OH is 1. The Morgan fingerprint density at radius 1 is 1.20 bits per heavy atom. The van der Waals surface area contributed by atoms with Crippen molar-refractivity contribution in [1.82, 2.24) is 0 Å². The minimum atomic E-state index is -0.0786. The van der Waals surface area contributed by atoms with E-state index in [1.165, 1.54) is 24.8 Å². The highest BCUT2D eigenvalue weighted by Crippen LogP contribution is 2.58. The molecule has 2 aliphatic rings. The second kappa shape index (κ2) is 4.49. The number of rotatable bonds is 1. The van der Waals surface area contributed by atoms with Crippen molar-refractivity contribution in [3.63, 3.8) is 0 Å². The Bertz CT molecular complexity index is 532. The molecule has 2 aliphatic carbocycles. The van der Waals surface area contributed by atoms with Crippen LogP contribution in [0, 0.1) is 11.3 Å². The zero-order chi connectivity index (χ0) is 14.5. The van der Waals surface area contributed by atoms with Crippen LogP contribution in [0.3, 0.4) is 0 Å². The lowest BCUT2D eigenvalue weighted by molar-refractivity contribution is 0.0401. The molecule has 0 heterocycles. The SMILES string of the molecule is CC1(C)CCC[C@]2(C)c3ccc(CO)c(O)c3CC[C@@H]12. The summed E-state index contributed by atoms with van der Waals surface area (Å²) in [5.41, 5.74) is 3.65. The summed E-state index contributed by atoms with van der Waals surface area (Å²) < 4.78 is 0. The molecule has 0 spiro atoms. The first-order valence-corrected chi connectivity index (χ1v) is 7.85. The van der Waals surface area contributed by atoms with E-state index in [9.17, 15) is 10.2 Å². The van der Waals surface area contributed by atoms with Gasteiger partial charge in [0.2, 0.25) is 0 Å². The Balaban J connectivity index is 2.13. The fraction of sp³-hybridized carbons (Fsp3) is 0.667. The highest BCUT2D eigenvalue weighted by Gasteiger charge is 2.50. The van der Waals surface area contributed by atoms with Crippen molar-refractivity contribution >= 4 is 0 Å². The first-order chi connectivity index (χ1) is 9.40. The van der Waals surface area contributed by atoms with Crippen molar-refractivity contribution < 1.29 is 10.2 Å². The summed E-state index contributed by atoms with van der Waals surface area (Å²) in [6, 6.07) is 4.07. The molecule has 2 heteroatoms. The standard InChI is InChI=1S/C18H26O2/c1-17(2)9-4-10-18(3)14-7-5-12(11-19)16(20)13(14)6-8-15(17)18/h5,7,15,19-20H,4,6,8-11H2,1-3H3/t15-,18+/m0/s1. The lowest BCUT2D eigenvalue weighted by Gasteiger charge is -2.54. The average molecular weight is 274 g/mol. The van der Waals surface area contributed by atoms with Gasteiger partial charge in [0, 0.05) is 5.56 Å². The van der Waals surface area contributed by atoms with Crippen LogP contribution in [-0.4, -0.2) is 10.2 Å². The van der Waals surface area contributed by atoms with E-state index in [1.807, 2.05) is 6.07 Å². The fourth-order valence-electron chi connectivity index (χ4n) is 5.04. The molecule has 3 rings (SSSR count). The summed E-state index contributed by atoms with van der Waals surface area (Å²) >= 11 is 0. The molecule has 110 valence electrons. The van der Waals surface area contributed by atoms with Crippen LogP contribution < -0.4 is 0 Å². The molecule has 1 aromatic carbocycles. The van der Waals surface area contributed by atoms with E-state index >= 15 is 0 Å². The maximum Gasteiger partial charge on any atom is 0.124 e. The van der Waals surface area contributed by atoms with Crippen LogP contribution in [0.5, 0.6) is 5.75 Å². The van der Waals surface area contributed by atoms with Crippen molar-refractivity contribution in [3.05, 3.63) is 28.8 Å². The van der Waals surface area contributed by atoms with Gasteiger partial charge < -0.3 is 10.2 Å². The summed E-state index contributed by atoms with van der Waals surface area (Å²) in [6.07, 6.45) is 5.88. The maximum absolute atomic E-state index is 10.4. The lowest BCUT2D eigenvalue weighted by atomic mass is 9.50. The van der Waals surface area contributed by atoms with Gasteiger partial charge in [-0.1, -0.05) is 39.3 Å². The Morgan fingerprint density at radius 3 is 2.65 bits per heavy atom. The number of hydrogen-bond donors (Lipinski definition) is 2. The van der Waals surface area contributed by atoms with Crippen molar-refractivity contribution in [2.75, 3.05) is 0 Å². The summed E-state index contributed by atoms with van der Waals surface area (Å²) in [5.74, 6) is 1.03. The molecule has 0 bridgehead atoms. The third-order valence-corrected chi connectivity index (χ3v) is 6.06. The van der Waals surface area contributed by atoms with E-state index in [4.69, 9.17) is 0 Å². The molecule has 0 unspecified atom stereocenters. The number of fused-ring (bicyclic) bond motifs is 3. The molecule has 2 N–H and O–H groups in total. The van der Waals surface area contributed by atoms with Crippen LogP contribution in [-0.2, 0) is 18.4 Å². The van der Waals surface area contributed by atoms with Gasteiger partial charge in [-0.3, -0.25) is 0 Å². The minimum absolute atomic E-state index is 0.0786. The third kappa shape index (κ3) is 1.81. The number of benzene rings is 1. The molecule has 0 amide bonds. The van der Waals surface area contributed by atoms with E-state index in [0.717, 1.165) is 18.4 Å². The largest absolute Gasteiger partial charge is 0.507 e. The number of aliphatic hydroxyl groups is 1. The van der Waals surface area contributed by atoms with Gasteiger partial charge in [-0.05, 0) is 53.6 Å². The third-order valence-electron chi connectivity index (χ3n) is 6.06. The van der Waals surface area contributed by atoms with Gasteiger partial charge >= 0.3 is 0 Å². The maximum atomic E-state index is 10.4. The molecule has 0 saturated heterocycles. The molecule has 0 radical (unpaired) electrons. The fourth-order valence-corrected chi connectivity index (χ4v) is 5.04. The van der Waals surface area contributed by atoms with Gasteiger partial charge in [-0.25, -0.2) is 0 Å². The van der Waals surface area contributed by atoms with Crippen LogP contribution in [0.4, 0.5) is 0 Å². The van der Waals surface area contributed by atoms with Gasteiger partial charge in [0.25, 0.3) is 0 Å². The Labute approximate surface area is 121 Å². The molecule has 1 aromatic rings. The predicted octanol–water partition coefficient (Wildman–Crippen LogP) is 3.91. The zero-order valence-electron chi connectivity index (χ0n) is 12.9. The minimum Gasteiger partial charge on any atom is -0.507 e. The molecule has 2 atom stereocenters. The van der Waals surface area contributed by atoms with Gasteiger partial charge in [0.05, 0.1) is 6.61 Å². The topological polar surface area (TPSA) is 40.5 Å². The van der Waals surface area contributed by atoms with Crippen molar-refractivity contribution in [2.24, 2.45) is 11.3 Å². The number of aromatic hydroxyl groups is 1. The highest BCUT2D eigenvalue weighted by atomic mass is 16.3. The molecule has 0 aliphatic heterocycles. The monoisotopic (exact) mass is 274 g/mol. The van der Waals surface area contributed by atoms with Crippen molar-refractivity contribution in [2.45, 2.75) is 64.9 Å². The Morgan fingerprint density at radius 2 is 1.95 bits per heavy atom. The smallest absolute Gasteiger partial charge is 0.124 e. The summed E-state index contributed by atoms with van der Waals surface area (Å²) in [6.45, 7) is 7.11. The second-order valence-electron chi connectivity index (χ2n) is 7.61. The molecule has 1 fully saturated rings. The number of hydrogen-bond acceptors (Lipinski definition) is 2. The van der Waals surface area contributed by atoms with E-state index in [-0.39, 0.29) is 12.0 Å². The van der Waals surface area contributed by atoms with Gasteiger partial charge in [0.1, 0.15) is 5.75 Å². The van der Waals surface area contributed by atoms with Crippen LogP contribution in [0.1, 0.15) is 63.1 Å². The average Bonchev–Trinajstić information content (AvgIpc) is 2.38. The van der Waals surface area contributed by atoms with E-state index in [2.05, 4.69) is 26.8 Å². The van der Waals surface area contributed by atoms with Gasteiger partial charge in [-0.15, -0.1) is 0 Å². The lowest BCUT2D eigenvalue weighted by Crippen LogP contribution is -2.47. The van der Waals surface area contributed by atoms with Crippen LogP contribution >= 0.6 is 0 Å². The van der Waals surface area contributed by atoms with Crippen molar-refractivity contribution in [1.29, 1.82) is 0 Å². The van der Waals surface area contributed by atoms with E-state index in [0.29, 0.717) is 22.6 Å². The quantitative estimate of drug-likeness (QED) is 0.815. The van der Waals surface area contributed by atoms with E-state index < -0.39 is 0 Å². The van der Waals surface area contributed by atoms with Gasteiger partial charge in [-0.2, -0.15) is 0 Å². The summed E-state index contributed by atoms with van der Waals surface area (Å²) in [7, 11) is 0. The second-order valence-corrected chi connectivity index (χ2v) is 7.61. The molecular weight excluding hydrogens is 248 g/mol. The van der Waals surface area contributed by atoms with Crippen LogP contribution in [0.2, 0.25) is 0 Å². The summed E-state index contributed by atoms with van der Waals surface area (Å²) in [5, 5.41) is 19.7. The van der Waals surface area contributed by atoms with E-state index in [1.54, 1.807) is 0 Å².